The number of fused-ring (bicyclic) bond motifs is 1. The van der Waals surface area contributed by atoms with E-state index in [1.165, 1.54) is 23.9 Å². The zero-order valence-corrected chi connectivity index (χ0v) is 32.0. The van der Waals surface area contributed by atoms with Gasteiger partial charge in [-0.05, 0) is 62.1 Å². The summed E-state index contributed by atoms with van der Waals surface area (Å²) < 4.78 is 5.22. The lowest BCUT2D eigenvalue weighted by Gasteiger charge is -2.29. The zero-order valence-electron chi connectivity index (χ0n) is 30.4. The summed E-state index contributed by atoms with van der Waals surface area (Å²) in [5.74, 6) is -2.57. The lowest BCUT2D eigenvalue weighted by Crippen LogP contribution is -2.50. The van der Waals surface area contributed by atoms with E-state index in [0.29, 0.717) is 54.7 Å². The summed E-state index contributed by atoms with van der Waals surface area (Å²) in [5.41, 5.74) is 0.977. The fourth-order valence-corrected chi connectivity index (χ4v) is 7.29. The SMILES string of the molecule is Cc1c(CC(=O)NCC(=O)NCC(=O)NCC2CCC(C(=O)NC(CSCc3ccccc3)C(=O)NCCCC(=O)O)CC2)c(=O)oc2cc(O)c(Cl)cc12. The van der Waals surface area contributed by atoms with Gasteiger partial charge in [0.15, 0.2) is 0 Å². The molecule has 1 saturated carbocycles. The number of carboxylic acids is 1. The Bertz CT molecular complexity index is 1920. The molecule has 1 atom stereocenters. The van der Waals surface area contributed by atoms with Crippen LogP contribution in [0.5, 0.6) is 5.75 Å². The van der Waals surface area contributed by atoms with Crippen LogP contribution in [0.2, 0.25) is 5.02 Å². The Balaban J connectivity index is 1.14. The van der Waals surface area contributed by atoms with E-state index in [4.69, 9.17) is 21.1 Å². The highest BCUT2D eigenvalue weighted by Gasteiger charge is 2.30. The summed E-state index contributed by atoms with van der Waals surface area (Å²) >= 11 is 7.50. The number of aryl methyl sites for hydroxylation is 1. The number of amides is 5. The van der Waals surface area contributed by atoms with Gasteiger partial charge < -0.3 is 41.2 Å². The molecule has 1 unspecified atom stereocenters. The number of hydrogen-bond acceptors (Lipinski definition) is 10. The molecule has 2 aromatic carbocycles. The number of aromatic hydroxyl groups is 1. The number of carbonyl (C=O) groups excluding carboxylic acids is 5. The van der Waals surface area contributed by atoms with Crippen LogP contribution in [0.3, 0.4) is 0 Å². The molecular formula is C38H46ClN5O10S. The maximum absolute atomic E-state index is 13.2. The van der Waals surface area contributed by atoms with Crippen molar-refractivity contribution in [2.45, 2.75) is 63.7 Å². The Morgan fingerprint density at radius 2 is 1.60 bits per heavy atom. The summed E-state index contributed by atoms with van der Waals surface area (Å²) in [4.78, 5) is 86.8. The fourth-order valence-electron chi connectivity index (χ4n) is 6.11. The van der Waals surface area contributed by atoms with E-state index < -0.39 is 41.9 Å². The number of carbonyl (C=O) groups is 6. The summed E-state index contributed by atoms with van der Waals surface area (Å²) in [5, 5.41) is 32.5. The van der Waals surface area contributed by atoms with Gasteiger partial charge in [0.1, 0.15) is 17.4 Å². The van der Waals surface area contributed by atoms with E-state index in [2.05, 4.69) is 26.6 Å². The number of phenols is 1. The highest BCUT2D eigenvalue weighted by Crippen LogP contribution is 2.31. The van der Waals surface area contributed by atoms with Crippen molar-refractivity contribution in [3.63, 3.8) is 0 Å². The number of benzene rings is 2. The Labute approximate surface area is 326 Å². The molecule has 1 aliphatic carbocycles. The third kappa shape index (κ3) is 13.6. The molecule has 3 aromatic rings. The van der Waals surface area contributed by atoms with Crippen LogP contribution in [0.4, 0.5) is 0 Å². The van der Waals surface area contributed by atoms with Crippen molar-refractivity contribution >= 4 is 69.8 Å². The highest BCUT2D eigenvalue weighted by molar-refractivity contribution is 7.98. The van der Waals surface area contributed by atoms with Crippen LogP contribution in [0, 0.1) is 18.8 Å². The quantitative estimate of drug-likeness (QED) is 0.0688. The first kappa shape index (κ1) is 42.6. The number of halogens is 1. The Kier molecular flexibility index (Phi) is 16.4. The number of hydrogen-bond donors (Lipinski definition) is 7. The number of aliphatic carboxylic acids is 1. The standard InChI is InChI=1S/C38H46ClN5O10S/c1-22-26-14-28(39)30(45)16-31(26)54-38(53)27(22)15-32(46)42-18-34(48)43-19-33(47)41-17-23-9-11-25(12-10-23)36(51)44-29(37(52)40-13-5-8-35(49)50)21-55-20-24-6-3-2-4-7-24/h2-4,6-7,14,16,23,25,29,45H,5,8-13,15,17-21H2,1H3,(H,40,52)(H,41,47)(H,42,46)(H,43,48)(H,44,51)(H,49,50). The maximum atomic E-state index is 13.2. The molecule has 1 heterocycles. The zero-order chi connectivity index (χ0) is 39.9. The molecule has 1 aromatic heterocycles. The highest BCUT2D eigenvalue weighted by atomic mass is 35.5. The van der Waals surface area contributed by atoms with Crippen LogP contribution < -0.4 is 32.2 Å². The van der Waals surface area contributed by atoms with Crippen molar-refractivity contribution in [3.8, 4) is 5.75 Å². The van der Waals surface area contributed by atoms with E-state index in [9.17, 15) is 38.7 Å². The first-order valence-corrected chi connectivity index (χ1v) is 19.5. The lowest BCUT2D eigenvalue weighted by atomic mass is 9.81. The molecule has 4 rings (SSSR count). The Hall–Kier alpha value is -5.09. The van der Waals surface area contributed by atoms with Gasteiger partial charge in [-0.2, -0.15) is 11.8 Å². The number of rotatable bonds is 19. The number of carboxylic acid groups (broad SMARTS) is 1. The molecule has 55 heavy (non-hydrogen) atoms. The summed E-state index contributed by atoms with van der Waals surface area (Å²) in [7, 11) is 0. The lowest BCUT2D eigenvalue weighted by molar-refractivity contribution is -0.137. The Morgan fingerprint density at radius 3 is 2.29 bits per heavy atom. The van der Waals surface area contributed by atoms with Gasteiger partial charge in [0.25, 0.3) is 0 Å². The largest absolute Gasteiger partial charge is 0.506 e. The summed E-state index contributed by atoms with van der Waals surface area (Å²) in [6.07, 6.45) is 2.36. The van der Waals surface area contributed by atoms with Gasteiger partial charge >= 0.3 is 11.6 Å². The topological polar surface area (TPSA) is 233 Å². The first-order chi connectivity index (χ1) is 26.3. The molecule has 0 aliphatic heterocycles. The molecule has 15 nitrogen and oxygen atoms in total. The smallest absolute Gasteiger partial charge is 0.340 e. The van der Waals surface area contributed by atoms with Gasteiger partial charge in [-0.25, -0.2) is 4.79 Å². The average molecular weight is 800 g/mol. The van der Waals surface area contributed by atoms with Crippen molar-refractivity contribution < 1.29 is 43.4 Å². The van der Waals surface area contributed by atoms with Gasteiger partial charge in [-0.15, -0.1) is 0 Å². The predicted octanol–water partition coefficient (Wildman–Crippen LogP) is 2.56. The van der Waals surface area contributed by atoms with E-state index >= 15 is 0 Å². The number of phenolic OH excluding ortho intramolecular Hbond substituents is 1. The molecule has 0 bridgehead atoms. The van der Waals surface area contributed by atoms with Crippen LogP contribution in [-0.2, 0) is 40.9 Å². The molecule has 5 amide bonds. The number of nitrogens with one attached hydrogen (secondary N) is 5. The molecule has 17 heteroatoms. The van der Waals surface area contributed by atoms with Crippen LogP contribution in [0.15, 0.2) is 51.7 Å². The monoisotopic (exact) mass is 799 g/mol. The van der Waals surface area contributed by atoms with Gasteiger partial charge in [0.05, 0.1) is 30.1 Å². The molecule has 0 radical (unpaired) electrons. The minimum atomic E-state index is -0.946. The third-order valence-electron chi connectivity index (χ3n) is 9.29. The van der Waals surface area contributed by atoms with Crippen molar-refractivity contribution in [3.05, 3.63) is 74.6 Å². The number of thioether (sulfide) groups is 1. The van der Waals surface area contributed by atoms with E-state index in [-0.39, 0.29) is 77.9 Å². The van der Waals surface area contributed by atoms with Crippen LogP contribution in [0.1, 0.15) is 55.2 Å². The van der Waals surface area contributed by atoms with Gasteiger partial charge in [0, 0.05) is 48.4 Å². The molecular weight excluding hydrogens is 754 g/mol. The molecule has 296 valence electrons. The molecule has 1 fully saturated rings. The summed E-state index contributed by atoms with van der Waals surface area (Å²) in [6, 6.07) is 11.6. The van der Waals surface area contributed by atoms with Gasteiger partial charge in [-0.3, -0.25) is 28.8 Å². The van der Waals surface area contributed by atoms with Crippen LogP contribution in [0.25, 0.3) is 11.0 Å². The van der Waals surface area contributed by atoms with E-state index in [1.54, 1.807) is 6.92 Å². The minimum absolute atomic E-state index is 0.0558. The molecule has 0 saturated heterocycles. The fraction of sp³-hybridized carbons (Fsp3) is 0.447. The van der Waals surface area contributed by atoms with Gasteiger partial charge in [0.2, 0.25) is 29.5 Å². The van der Waals surface area contributed by atoms with Crippen molar-refractivity contribution in [1.29, 1.82) is 0 Å². The first-order valence-electron chi connectivity index (χ1n) is 18.0. The normalized spacial score (nSPS) is 15.7. The summed E-state index contributed by atoms with van der Waals surface area (Å²) in [6.45, 7) is 1.43. The van der Waals surface area contributed by atoms with Crippen molar-refractivity contribution in [1.82, 2.24) is 26.6 Å². The minimum Gasteiger partial charge on any atom is -0.506 e. The van der Waals surface area contributed by atoms with Gasteiger partial charge in [-0.1, -0.05) is 41.9 Å². The van der Waals surface area contributed by atoms with Crippen LogP contribution >= 0.6 is 23.4 Å². The maximum Gasteiger partial charge on any atom is 0.340 e. The second-order valence-corrected chi connectivity index (χ2v) is 14.8. The van der Waals surface area contributed by atoms with E-state index in [1.807, 2.05) is 30.3 Å². The molecule has 7 N–H and O–H groups in total. The Morgan fingerprint density at radius 1 is 0.927 bits per heavy atom. The third-order valence-corrected chi connectivity index (χ3v) is 10.7. The second-order valence-electron chi connectivity index (χ2n) is 13.4. The van der Waals surface area contributed by atoms with E-state index in [0.717, 1.165) is 5.56 Å². The molecule has 0 spiro atoms. The molecule has 1 aliphatic rings. The van der Waals surface area contributed by atoms with Crippen molar-refractivity contribution in [2.75, 3.05) is 31.9 Å². The average Bonchev–Trinajstić information content (AvgIpc) is 3.16. The van der Waals surface area contributed by atoms with Crippen LogP contribution in [-0.4, -0.2) is 83.7 Å². The second kappa shape index (κ2) is 21.1. The van der Waals surface area contributed by atoms with Crippen molar-refractivity contribution in [2.24, 2.45) is 11.8 Å². The predicted molar refractivity (Wildman–Crippen MR) is 206 cm³/mol.